The number of aliphatic hydroxyl groups is 1. The van der Waals surface area contributed by atoms with Crippen molar-refractivity contribution in [2.45, 2.75) is 31.8 Å². The summed E-state index contributed by atoms with van der Waals surface area (Å²) in [6.07, 6.45) is 3.14. The normalized spacial score (nSPS) is 19.4. The van der Waals surface area contributed by atoms with Crippen molar-refractivity contribution in [3.8, 4) is 11.5 Å². The molecule has 1 aromatic carbocycles. The van der Waals surface area contributed by atoms with Gasteiger partial charge in [-0.1, -0.05) is 18.0 Å². The Morgan fingerprint density at radius 2 is 2.06 bits per heavy atom. The molecule has 94 valence electrons. The van der Waals surface area contributed by atoms with E-state index in [1.165, 1.54) is 0 Å². The summed E-state index contributed by atoms with van der Waals surface area (Å²) >= 11 is 6.25. The quantitative estimate of drug-likeness (QED) is 0.827. The third kappa shape index (κ3) is 2.22. The van der Waals surface area contributed by atoms with Crippen LogP contribution in [0.4, 0.5) is 0 Å². The molecule has 4 heteroatoms. The van der Waals surface area contributed by atoms with Gasteiger partial charge in [-0.15, -0.1) is 0 Å². The Morgan fingerprint density at radius 3 is 2.71 bits per heavy atom. The first kappa shape index (κ1) is 12.5. The molecule has 1 aromatic rings. The van der Waals surface area contributed by atoms with E-state index < -0.39 is 6.10 Å². The molecule has 0 amide bonds. The second-order valence-corrected chi connectivity index (χ2v) is 4.65. The fourth-order valence-corrected chi connectivity index (χ4v) is 2.71. The number of hydrogen-bond acceptors (Lipinski definition) is 3. The van der Waals surface area contributed by atoms with Crippen LogP contribution in [0, 0.1) is 0 Å². The van der Waals surface area contributed by atoms with Crippen LogP contribution in [0.3, 0.4) is 0 Å². The van der Waals surface area contributed by atoms with Gasteiger partial charge in [0.1, 0.15) is 0 Å². The van der Waals surface area contributed by atoms with Gasteiger partial charge in [-0.2, -0.15) is 0 Å². The lowest BCUT2D eigenvalue weighted by molar-refractivity contribution is 0.161. The first-order valence-corrected chi connectivity index (χ1v) is 6.18. The number of hydrogen-bond donors (Lipinski definition) is 1. The standard InChI is InChI=1S/C13H17ClO3/c1-16-11-7-9(14)8-5-3-4-6-10(15)12(8)13(11)17-2/h7,10,15H,3-6H2,1-2H3. The van der Waals surface area contributed by atoms with Gasteiger partial charge in [0.25, 0.3) is 0 Å². The van der Waals surface area contributed by atoms with E-state index in [0.717, 1.165) is 36.8 Å². The van der Waals surface area contributed by atoms with E-state index in [0.29, 0.717) is 16.5 Å². The van der Waals surface area contributed by atoms with Crippen molar-refractivity contribution < 1.29 is 14.6 Å². The van der Waals surface area contributed by atoms with Crippen molar-refractivity contribution in [3.05, 3.63) is 22.2 Å². The summed E-state index contributed by atoms with van der Waals surface area (Å²) in [4.78, 5) is 0. The summed E-state index contributed by atoms with van der Waals surface area (Å²) in [5, 5.41) is 10.9. The molecule has 17 heavy (non-hydrogen) atoms. The third-order valence-corrected chi connectivity index (χ3v) is 3.59. The Morgan fingerprint density at radius 1 is 1.29 bits per heavy atom. The van der Waals surface area contributed by atoms with Crippen LogP contribution in [-0.4, -0.2) is 19.3 Å². The van der Waals surface area contributed by atoms with E-state index >= 15 is 0 Å². The summed E-state index contributed by atoms with van der Waals surface area (Å²) in [5.41, 5.74) is 1.80. The second-order valence-electron chi connectivity index (χ2n) is 4.25. The van der Waals surface area contributed by atoms with E-state index in [1.807, 2.05) is 0 Å². The minimum Gasteiger partial charge on any atom is -0.493 e. The molecule has 1 atom stereocenters. The lowest BCUT2D eigenvalue weighted by Gasteiger charge is -2.19. The molecular weight excluding hydrogens is 240 g/mol. The topological polar surface area (TPSA) is 38.7 Å². The molecule has 0 aliphatic heterocycles. The molecule has 1 aliphatic rings. The largest absolute Gasteiger partial charge is 0.493 e. The highest BCUT2D eigenvalue weighted by atomic mass is 35.5. The second kappa shape index (κ2) is 5.15. The molecule has 1 N–H and O–H groups in total. The van der Waals surface area contributed by atoms with E-state index in [2.05, 4.69) is 0 Å². The number of ether oxygens (including phenoxy) is 2. The first-order chi connectivity index (χ1) is 8.19. The number of benzene rings is 1. The molecule has 0 fully saturated rings. The van der Waals surface area contributed by atoms with E-state index in [1.54, 1.807) is 20.3 Å². The van der Waals surface area contributed by atoms with Crippen LogP contribution in [0.2, 0.25) is 5.02 Å². The molecule has 1 aliphatic carbocycles. The maximum Gasteiger partial charge on any atom is 0.166 e. The SMILES string of the molecule is COc1cc(Cl)c2c(c1OC)C(O)CCCC2. The minimum atomic E-state index is -0.518. The highest BCUT2D eigenvalue weighted by Gasteiger charge is 2.25. The molecule has 0 saturated heterocycles. The maximum atomic E-state index is 10.2. The highest BCUT2D eigenvalue weighted by molar-refractivity contribution is 6.31. The van der Waals surface area contributed by atoms with Crippen molar-refractivity contribution in [1.29, 1.82) is 0 Å². The number of methoxy groups -OCH3 is 2. The van der Waals surface area contributed by atoms with Crippen molar-refractivity contribution in [2.24, 2.45) is 0 Å². The van der Waals surface area contributed by atoms with Gasteiger partial charge in [-0.05, 0) is 24.8 Å². The molecular formula is C13H17ClO3. The molecule has 0 radical (unpaired) electrons. The van der Waals surface area contributed by atoms with Crippen LogP contribution in [0.25, 0.3) is 0 Å². The van der Waals surface area contributed by atoms with Gasteiger partial charge < -0.3 is 14.6 Å². The van der Waals surface area contributed by atoms with Crippen LogP contribution in [0.15, 0.2) is 6.07 Å². The van der Waals surface area contributed by atoms with E-state index in [-0.39, 0.29) is 0 Å². The van der Waals surface area contributed by atoms with Crippen molar-refractivity contribution in [3.63, 3.8) is 0 Å². The number of aliphatic hydroxyl groups excluding tert-OH is 1. The van der Waals surface area contributed by atoms with Gasteiger partial charge in [0.2, 0.25) is 0 Å². The Bertz CT molecular complexity index is 418. The summed E-state index contributed by atoms with van der Waals surface area (Å²) in [5.74, 6) is 1.19. The van der Waals surface area contributed by atoms with Crippen LogP contribution in [-0.2, 0) is 6.42 Å². The molecule has 3 nitrogen and oxygen atoms in total. The highest BCUT2D eigenvalue weighted by Crippen LogP contribution is 2.44. The zero-order valence-electron chi connectivity index (χ0n) is 10.1. The van der Waals surface area contributed by atoms with Crippen LogP contribution >= 0.6 is 11.6 Å². The fraction of sp³-hybridized carbons (Fsp3) is 0.538. The van der Waals surface area contributed by atoms with Crippen molar-refractivity contribution in [1.82, 2.24) is 0 Å². The van der Waals surface area contributed by atoms with Gasteiger partial charge in [0.05, 0.1) is 20.3 Å². The number of halogens is 1. The minimum absolute atomic E-state index is 0.518. The number of rotatable bonds is 2. The lowest BCUT2D eigenvalue weighted by Crippen LogP contribution is -2.05. The van der Waals surface area contributed by atoms with Crippen molar-refractivity contribution >= 4 is 11.6 Å². The van der Waals surface area contributed by atoms with Gasteiger partial charge in [-0.3, -0.25) is 0 Å². The Kier molecular flexibility index (Phi) is 3.79. The van der Waals surface area contributed by atoms with Crippen LogP contribution in [0.5, 0.6) is 11.5 Å². The smallest absolute Gasteiger partial charge is 0.166 e. The molecule has 1 unspecified atom stereocenters. The Labute approximate surface area is 106 Å². The van der Waals surface area contributed by atoms with Gasteiger partial charge in [-0.25, -0.2) is 0 Å². The van der Waals surface area contributed by atoms with Crippen molar-refractivity contribution in [2.75, 3.05) is 14.2 Å². The number of fused-ring (bicyclic) bond motifs is 1. The lowest BCUT2D eigenvalue weighted by atomic mass is 9.99. The van der Waals surface area contributed by atoms with Crippen LogP contribution < -0.4 is 9.47 Å². The summed E-state index contributed by atoms with van der Waals surface area (Å²) in [6, 6.07) is 1.76. The average Bonchev–Trinajstić information content (AvgIpc) is 2.52. The third-order valence-electron chi connectivity index (χ3n) is 3.25. The molecule has 2 rings (SSSR count). The summed E-state index contributed by atoms with van der Waals surface area (Å²) in [6.45, 7) is 0. The Hall–Kier alpha value is -0.930. The summed E-state index contributed by atoms with van der Waals surface area (Å²) < 4.78 is 10.6. The molecule has 0 spiro atoms. The average molecular weight is 257 g/mol. The van der Waals surface area contributed by atoms with E-state index in [4.69, 9.17) is 21.1 Å². The fourth-order valence-electron chi connectivity index (χ4n) is 2.42. The van der Waals surface area contributed by atoms with E-state index in [9.17, 15) is 5.11 Å². The Balaban J connectivity index is 2.64. The van der Waals surface area contributed by atoms with Crippen LogP contribution in [0.1, 0.15) is 36.5 Å². The van der Waals surface area contributed by atoms with Gasteiger partial charge in [0, 0.05) is 16.7 Å². The van der Waals surface area contributed by atoms with Gasteiger partial charge in [0.15, 0.2) is 11.5 Å². The predicted octanol–water partition coefficient (Wildman–Crippen LogP) is 3.12. The first-order valence-electron chi connectivity index (χ1n) is 5.80. The maximum absolute atomic E-state index is 10.2. The monoisotopic (exact) mass is 256 g/mol. The molecule has 0 heterocycles. The van der Waals surface area contributed by atoms with Gasteiger partial charge >= 0.3 is 0 Å². The predicted molar refractivity (Wildman–Crippen MR) is 67.1 cm³/mol. The zero-order chi connectivity index (χ0) is 12.4. The zero-order valence-corrected chi connectivity index (χ0v) is 10.9. The molecule has 0 aromatic heterocycles. The molecule has 0 bridgehead atoms. The summed E-state index contributed by atoms with van der Waals surface area (Å²) in [7, 11) is 3.16. The molecule has 0 saturated carbocycles.